The van der Waals surface area contributed by atoms with Gasteiger partial charge in [-0.1, -0.05) is 75.6 Å². The van der Waals surface area contributed by atoms with Gasteiger partial charge in [-0.3, -0.25) is 0 Å². The van der Waals surface area contributed by atoms with E-state index in [9.17, 15) is 8.42 Å². The summed E-state index contributed by atoms with van der Waals surface area (Å²) in [6, 6.07) is 22.3. The van der Waals surface area contributed by atoms with Gasteiger partial charge in [0.1, 0.15) is 0 Å². The Morgan fingerprint density at radius 3 is 2.34 bits per heavy atom. The number of hydrazone groups is 1. The van der Waals surface area contributed by atoms with E-state index in [1.807, 2.05) is 74.5 Å². The Hall–Kier alpha value is -2.44. The van der Waals surface area contributed by atoms with Gasteiger partial charge in [0.05, 0.1) is 16.6 Å². The van der Waals surface area contributed by atoms with Crippen molar-refractivity contribution in [1.82, 2.24) is 4.41 Å². The molecule has 148 valence electrons. The lowest BCUT2D eigenvalue weighted by molar-refractivity contribution is 0.371. The first-order valence-electron chi connectivity index (χ1n) is 9.36. The van der Waals surface area contributed by atoms with Crippen LogP contribution >= 0.6 is 15.9 Å². The van der Waals surface area contributed by atoms with Gasteiger partial charge in [-0.2, -0.15) is 17.9 Å². The Labute approximate surface area is 180 Å². The van der Waals surface area contributed by atoms with Crippen molar-refractivity contribution in [3.63, 3.8) is 0 Å². The molecule has 0 radical (unpaired) electrons. The summed E-state index contributed by atoms with van der Waals surface area (Å²) in [7, 11) is -3.78. The summed E-state index contributed by atoms with van der Waals surface area (Å²) >= 11 is 3.49. The molecule has 0 aliphatic carbocycles. The van der Waals surface area contributed by atoms with Crippen LogP contribution in [0.3, 0.4) is 0 Å². The van der Waals surface area contributed by atoms with Crippen LogP contribution in [0.15, 0.2) is 87.3 Å². The number of hydrogen-bond donors (Lipinski definition) is 0. The minimum atomic E-state index is -3.78. The van der Waals surface area contributed by atoms with Crippen LogP contribution in [0.25, 0.3) is 0 Å². The monoisotopic (exact) mass is 468 g/mol. The van der Waals surface area contributed by atoms with Crippen LogP contribution in [0.4, 0.5) is 0 Å². The third-order valence-electron chi connectivity index (χ3n) is 5.02. The maximum atomic E-state index is 13.5. The molecule has 0 spiro atoms. The zero-order chi connectivity index (χ0) is 20.6. The van der Waals surface area contributed by atoms with Gasteiger partial charge in [-0.15, -0.1) is 0 Å². The molecule has 1 unspecified atom stereocenters. The highest BCUT2D eigenvalue weighted by Gasteiger charge is 2.37. The molecule has 0 bridgehead atoms. The van der Waals surface area contributed by atoms with Crippen molar-refractivity contribution >= 4 is 31.7 Å². The Morgan fingerprint density at radius 1 is 0.931 bits per heavy atom. The maximum absolute atomic E-state index is 13.5. The average molecular weight is 469 g/mol. The number of hydrogen-bond acceptors (Lipinski definition) is 3. The molecule has 0 amide bonds. The second kappa shape index (κ2) is 7.76. The van der Waals surface area contributed by atoms with Gasteiger partial charge in [0, 0.05) is 10.9 Å². The third kappa shape index (κ3) is 4.00. The summed E-state index contributed by atoms with van der Waals surface area (Å²) in [5, 5.41) is 4.60. The molecule has 0 saturated carbocycles. The summed E-state index contributed by atoms with van der Waals surface area (Å²) in [6.07, 6.45) is 0.519. The van der Waals surface area contributed by atoms with Crippen molar-refractivity contribution in [2.24, 2.45) is 5.10 Å². The first-order valence-corrected chi connectivity index (χ1v) is 11.6. The molecule has 1 aliphatic rings. The molecule has 0 aromatic heterocycles. The van der Waals surface area contributed by atoms with E-state index in [-0.39, 0.29) is 10.9 Å². The topological polar surface area (TPSA) is 49.7 Å². The number of nitrogens with zero attached hydrogens (tertiary/aromatic N) is 2. The lowest BCUT2D eigenvalue weighted by Gasteiger charge is -2.23. The lowest BCUT2D eigenvalue weighted by atomic mass is 9.98. The molecule has 6 heteroatoms. The van der Waals surface area contributed by atoms with E-state index >= 15 is 0 Å². The number of benzene rings is 3. The molecule has 3 aromatic carbocycles. The molecule has 3 aromatic rings. The summed E-state index contributed by atoms with van der Waals surface area (Å²) in [4.78, 5) is 0.250. The molecule has 0 fully saturated rings. The summed E-state index contributed by atoms with van der Waals surface area (Å²) in [5.41, 5.74) is 4.71. The normalized spacial score (nSPS) is 16.7. The van der Waals surface area contributed by atoms with E-state index in [1.54, 1.807) is 12.1 Å². The number of rotatable bonds is 4. The van der Waals surface area contributed by atoms with E-state index < -0.39 is 10.0 Å². The SMILES string of the molecule is Cc1ccc(S(=O)(=O)N2N=C(c3cccc(Br)c3)CC2c2cccc(C)c2)cc1. The number of sulfonamides is 1. The summed E-state index contributed by atoms with van der Waals surface area (Å²) in [5.74, 6) is 0. The van der Waals surface area contributed by atoms with Gasteiger partial charge in [0.2, 0.25) is 0 Å². The quantitative estimate of drug-likeness (QED) is 0.499. The van der Waals surface area contributed by atoms with Gasteiger partial charge in [0.25, 0.3) is 10.0 Å². The highest BCUT2D eigenvalue weighted by atomic mass is 79.9. The first kappa shape index (κ1) is 19.9. The molecule has 0 N–H and O–H groups in total. The number of aryl methyl sites for hydroxylation is 2. The Morgan fingerprint density at radius 2 is 1.66 bits per heavy atom. The second-order valence-electron chi connectivity index (χ2n) is 7.28. The van der Waals surface area contributed by atoms with E-state index in [2.05, 4.69) is 21.0 Å². The molecular formula is C23H21BrN2O2S. The predicted octanol–water partition coefficient (Wildman–Crippen LogP) is 5.61. The highest BCUT2D eigenvalue weighted by molar-refractivity contribution is 9.10. The van der Waals surface area contributed by atoms with Crippen LogP contribution in [-0.4, -0.2) is 18.5 Å². The zero-order valence-corrected chi connectivity index (χ0v) is 18.6. The van der Waals surface area contributed by atoms with Crippen LogP contribution in [-0.2, 0) is 10.0 Å². The molecule has 4 rings (SSSR count). The van der Waals surface area contributed by atoms with Gasteiger partial charge in [0.15, 0.2) is 0 Å². The van der Waals surface area contributed by atoms with E-state index in [1.165, 1.54) is 4.41 Å². The van der Waals surface area contributed by atoms with Crippen molar-refractivity contribution in [1.29, 1.82) is 0 Å². The molecule has 0 saturated heterocycles. The van der Waals surface area contributed by atoms with Crippen molar-refractivity contribution in [3.8, 4) is 0 Å². The van der Waals surface area contributed by atoms with Crippen molar-refractivity contribution in [2.45, 2.75) is 31.2 Å². The van der Waals surface area contributed by atoms with E-state index in [0.29, 0.717) is 6.42 Å². The fourth-order valence-corrected chi connectivity index (χ4v) is 5.33. The van der Waals surface area contributed by atoms with E-state index in [0.717, 1.165) is 32.4 Å². The predicted molar refractivity (Wildman–Crippen MR) is 119 cm³/mol. The Bertz CT molecular complexity index is 1190. The maximum Gasteiger partial charge on any atom is 0.279 e. The number of halogens is 1. The molecule has 1 atom stereocenters. The van der Waals surface area contributed by atoms with Gasteiger partial charge in [-0.25, -0.2) is 0 Å². The van der Waals surface area contributed by atoms with Crippen LogP contribution in [0.5, 0.6) is 0 Å². The molecule has 1 heterocycles. The Kier molecular flexibility index (Phi) is 5.32. The van der Waals surface area contributed by atoms with E-state index in [4.69, 9.17) is 0 Å². The van der Waals surface area contributed by atoms with Gasteiger partial charge >= 0.3 is 0 Å². The fraction of sp³-hybridized carbons (Fsp3) is 0.174. The van der Waals surface area contributed by atoms with Gasteiger partial charge in [-0.05, 0) is 49.2 Å². The summed E-state index contributed by atoms with van der Waals surface area (Å²) < 4.78 is 29.2. The summed E-state index contributed by atoms with van der Waals surface area (Å²) in [6.45, 7) is 3.94. The van der Waals surface area contributed by atoms with Crippen LogP contribution in [0, 0.1) is 13.8 Å². The van der Waals surface area contributed by atoms with Crippen molar-refractivity contribution in [2.75, 3.05) is 0 Å². The van der Waals surface area contributed by atoms with Crippen molar-refractivity contribution < 1.29 is 8.42 Å². The standard InChI is InChI=1S/C23H21BrN2O2S/c1-16-9-11-21(12-10-16)29(27,28)26-23(19-7-3-5-17(2)13-19)15-22(25-26)18-6-4-8-20(24)14-18/h3-14,23H,15H2,1-2H3. The highest BCUT2D eigenvalue weighted by Crippen LogP contribution is 2.37. The smallest absolute Gasteiger partial charge is 0.200 e. The zero-order valence-electron chi connectivity index (χ0n) is 16.2. The van der Waals surface area contributed by atoms with Gasteiger partial charge < -0.3 is 0 Å². The van der Waals surface area contributed by atoms with Crippen LogP contribution in [0.1, 0.15) is 34.7 Å². The molecule has 1 aliphatic heterocycles. The molecule has 29 heavy (non-hydrogen) atoms. The molecule has 4 nitrogen and oxygen atoms in total. The van der Waals surface area contributed by atoms with Crippen LogP contribution < -0.4 is 0 Å². The average Bonchev–Trinajstić information content (AvgIpc) is 3.15. The first-order chi connectivity index (χ1) is 13.8. The fourth-order valence-electron chi connectivity index (χ4n) is 3.50. The van der Waals surface area contributed by atoms with Crippen molar-refractivity contribution in [3.05, 3.63) is 99.5 Å². The van der Waals surface area contributed by atoms with Crippen LogP contribution in [0.2, 0.25) is 0 Å². The lowest BCUT2D eigenvalue weighted by Crippen LogP contribution is -2.27. The second-order valence-corrected chi connectivity index (χ2v) is 9.99. The Balaban J connectivity index is 1.82. The minimum absolute atomic E-state index is 0.250. The molecular weight excluding hydrogens is 448 g/mol. The largest absolute Gasteiger partial charge is 0.279 e. The minimum Gasteiger partial charge on any atom is -0.200 e. The third-order valence-corrected chi connectivity index (χ3v) is 7.21.